The first-order valence-corrected chi connectivity index (χ1v) is 3.28. The third kappa shape index (κ3) is 1.40. The van der Waals surface area contributed by atoms with E-state index in [9.17, 15) is 0 Å². The molecule has 0 aliphatic carbocycles. The summed E-state index contributed by atoms with van der Waals surface area (Å²) < 4.78 is 0. The van der Waals surface area contributed by atoms with Gasteiger partial charge in [0.05, 0.1) is 5.69 Å². The van der Waals surface area contributed by atoms with Gasteiger partial charge in [0.15, 0.2) is 0 Å². The van der Waals surface area contributed by atoms with Crippen molar-refractivity contribution in [2.24, 2.45) is 0 Å². The molecule has 0 saturated heterocycles. The van der Waals surface area contributed by atoms with Crippen molar-refractivity contribution in [1.82, 2.24) is 0 Å². The molecule has 0 spiro atoms. The van der Waals surface area contributed by atoms with Crippen LogP contribution in [0.3, 0.4) is 0 Å². The van der Waals surface area contributed by atoms with Gasteiger partial charge >= 0.3 is 0 Å². The van der Waals surface area contributed by atoms with E-state index in [1.54, 1.807) is 12.1 Å². The summed E-state index contributed by atoms with van der Waals surface area (Å²) in [6, 6.07) is 5.25. The lowest BCUT2D eigenvalue weighted by molar-refractivity contribution is 0.389. The number of halogens is 1. The van der Waals surface area contributed by atoms with Gasteiger partial charge in [-0.3, -0.25) is 10.7 Å². The molecular weight excluding hydrogens is 150 g/mol. The zero-order chi connectivity index (χ0) is 7.56. The molecule has 2 nitrogen and oxygen atoms in total. The first-order chi connectivity index (χ1) is 4.74. The Hall–Kier alpha value is -0.730. The van der Waals surface area contributed by atoms with Crippen LogP contribution in [0.15, 0.2) is 18.2 Å². The molecule has 3 heteroatoms. The van der Waals surface area contributed by atoms with Crippen molar-refractivity contribution >= 4 is 17.3 Å². The molecule has 0 unspecified atom stereocenters. The minimum Gasteiger partial charge on any atom is -0.291 e. The molecule has 1 aromatic carbocycles. The average Bonchev–Trinajstić information content (AvgIpc) is 1.95. The number of nitrogens with one attached hydrogen (secondary N) is 1. The summed E-state index contributed by atoms with van der Waals surface area (Å²) in [5.74, 6) is 0. The van der Waals surface area contributed by atoms with Crippen molar-refractivity contribution in [3.05, 3.63) is 28.8 Å². The normalized spacial score (nSPS) is 9.50. The lowest BCUT2D eigenvalue weighted by Gasteiger charge is -2.00. The van der Waals surface area contributed by atoms with Crippen LogP contribution < -0.4 is 5.48 Å². The molecule has 1 aromatic rings. The number of benzene rings is 1. The van der Waals surface area contributed by atoms with Gasteiger partial charge in [-0.15, -0.1) is 0 Å². The van der Waals surface area contributed by atoms with Crippen molar-refractivity contribution in [2.45, 2.75) is 6.92 Å². The highest BCUT2D eigenvalue weighted by Gasteiger charge is 1.94. The van der Waals surface area contributed by atoms with Gasteiger partial charge in [-0.1, -0.05) is 17.7 Å². The van der Waals surface area contributed by atoms with E-state index in [1.807, 2.05) is 18.5 Å². The van der Waals surface area contributed by atoms with Crippen LogP contribution in [-0.2, 0) is 0 Å². The van der Waals surface area contributed by atoms with E-state index in [-0.39, 0.29) is 0 Å². The molecule has 0 atom stereocenters. The van der Waals surface area contributed by atoms with Gasteiger partial charge in [-0.25, -0.2) is 0 Å². The largest absolute Gasteiger partial charge is 0.291 e. The first kappa shape index (κ1) is 7.38. The molecule has 0 fully saturated rings. The van der Waals surface area contributed by atoms with E-state index < -0.39 is 0 Å². The molecule has 0 radical (unpaired) electrons. The van der Waals surface area contributed by atoms with Crippen LogP contribution in [0.4, 0.5) is 5.69 Å². The topological polar surface area (TPSA) is 32.3 Å². The maximum atomic E-state index is 8.44. The van der Waals surface area contributed by atoms with Gasteiger partial charge in [0.2, 0.25) is 0 Å². The Kier molecular flexibility index (Phi) is 2.14. The molecule has 54 valence electrons. The lowest BCUT2D eigenvalue weighted by Crippen LogP contribution is -1.88. The fourth-order valence-electron chi connectivity index (χ4n) is 0.662. The Morgan fingerprint density at radius 2 is 2.20 bits per heavy atom. The van der Waals surface area contributed by atoms with Gasteiger partial charge in [0, 0.05) is 5.02 Å². The van der Waals surface area contributed by atoms with Crippen molar-refractivity contribution < 1.29 is 5.21 Å². The molecule has 0 aliphatic rings. The zero-order valence-corrected chi connectivity index (χ0v) is 6.31. The Morgan fingerprint density at radius 3 is 2.70 bits per heavy atom. The third-order valence-corrected chi connectivity index (χ3v) is 1.71. The fourth-order valence-corrected chi connectivity index (χ4v) is 0.843. The lowest BCUT2D eigenvalue weighted by atomic mass is 10.2. The summed E-state index contributed by atoms with van der Waals surface area (Å²) >= 11 is 5.74. The van der Waals surface area contributed by atoms with E-state index in [1.165, 1.54) is 0 Å². The minimum absolute atomic E-state index is 0.607. The van der Waals surface area contributed by atoms with Crippen LogP contribution in [-0.4, -0.2) is 5.21 Å². The van der Waals surface area contributed by atoms with Gasteiger partial charge in [0.1, 0.15) is 0 Å². The van der Waals surface area contributed by atoms with Gasteiger partial charge in [-0.2, -0.15) is 0 Å². The van der Waals surface area contributed by atoms with Crippen LogP contribution in [0, 0.1) is 6.92 Å². The minimum atomic E-state index is 0.607. The molecule has 0 bridgehead atoms. The quantitative estimate of drug-likeness (QED) is 0.614. The maximum absolute atomic E-state index is 8.44. The van der Waals surface area contributed by atoms with Crippen molar-refractivity contribution in [1.29, 1.82) is 0 Å². The number of rotatable bonds is 1. The van der Waals surface area contributed by atoms with E-state index >= 15 is 0 Å². The summed E-state index contributed by atoms with van der Waals surface area (Å²) in [5, 5.41) is 9.10. The monoisotopic (exact) mass is 157 g/mol. The Balaban J connectivity index is 3.04. The second-order valence-electron chi connectivity index (χ2n) is 2.08. The summed E-state index contributed by atoms with van der Waals surface area (Å²) in [6.07, 6.45) is 0. The van der Waals surface area contributed by atoms with Crippen LogP contribution in [0.5, 0.6) is 0 Å². The highest BCUT2D eigenvalue weighted by molar-refractivity contribution is 6.31. The molecule has 0 aliphatic heterocycles. The SMILES string of the molecule is Cc1ccc(NO)cc1Cl. The van der Waals surface area contributed by atoms with Crippen LogP contribution >= 0.6 is 11.6 Å². The molecule has 0 heterocycles. The van der Waals surface area contributed by atoms with Gasteiger partial charge in [-0.05, 0) is 24.6 Å². The zero-order valence-electron chi connectivity index (χ0n) is 5.56. The van der Waals surface area contributed by atoms with Crippen LogP contribution in [0.2, 0.25) is 5.02 Å². The van der Waals surface area contributed by atoms with Gasteiger partial charge in [0.25, 0.3) is 0 Å². The Labute approximate surface area is 64.4 Å². The van der Waals surface area contributed by atoms with Crippen molar-refractivity contribution in [2.75, 3.05) is 5.48 Å². The molecular formula is C7H8ClNO. The third-order valence-electron chi connectivity index (χ3n) is 1.30. The highest BCUT2D eigenvalue weighted by Crippen LogP contribution is 2.18. The summed E-state index contributed by atoms with van der Waals surface area (Å²) in [6.45, 7) is 1.91. The molecule has 0 saturated carbocycles. The van der Waals surface area contributed by atoms with Crippen LogP contribution in [0.25, 0.3) is 0 Å². The molecule has 10 heavy (non-hydrogen) atoms. The molecule has 1 rings (SSSR count). The Morgan fingerprint density at radius 1 is 1.50 bits per heavy atom. The maximum Gasteiger partial charge on any atom is 0.0617 e. The summed E-state index contributed by atoms with van der Waals surface area (Å²) in [4.78, 5) is 0. The number of anilines is 1. The van der Waals surface area contributed by atoms with E-state index in [2.05, 4.69) is 0 Å². The van der Waals surface area contributed by atoms with E-state index in [4.69, 9.17) is 16.8 Å². The number of aryl methyl sites for hydroxylation is 1. The highest BCUT2D eigenvalue weighted by atomic mass is 35.5. The van der Waals surface area contributed by atoms with Crippen molar-refractivity contribution in [3.63, 3.8) is 0 Å². The predicted molar refractivity (Wildman–Crippen MR) is 41.6 cm³/mol. The van der Waals surface area contributed by atoms with Crippen LogP contribution in [0.1, 0.15) is 5.56 Å². The standard InChI is InChI=1S/C7H8ClNO/c1-5-2-3-6(9-10)4-7(5)8/h2-4,9-10H,1H3. The average molecular weight is 158 g/mol. The number of hydrogen-bond donors (Lipinski definition) is 2. The fraction of sp³-hybridized carbons (Fsp3) is 0.143. The Bertz CT molecular complexity index is 237. The molecule has 0 aromatic heterocycles. The summed E-state index contributed by atoms with van der Waals surface area (Å²) in [7, 11) is 0. The van der Waals surface area contributed by atoms with E-state index in [0.29, 0.717) is 10.7 Å². The second-order valence-corrected chi connectivity index (χ2v) is 2.48. The number of hydrogen-bond acceptors (Lipinski definition) is 2. The first-order valence-electron chi connectivity index (χ1n) is 2.90. The smallest absolute Gasteiger partial charge is 0.0617 e. The molecule has 2 N–H and O–H groups in total. The predicted octanol–water partition coefficient (Wildman–Crippen LogP) is 2.45. The summed E-state index contributed by atoms with van der Waals surface area (Å²) in [5.41, 5.74) is 3.62. The molecule has 0 amide bonds. The van der Waals surface area contributed by atoms with E-state index in [0.717, 1.165) is 5.56 Å². The van der Waals surface area contributed by atoms with Crippen molar-refractivity contribution in [3.8, 4) is 0 Å². The second kappa shape index (κ2) is 2.90. The van der Waals surface area contributed by atoms with Gasteiger partial charge < -0.3 is 0 Å².